The molecule has 1 rings (SSSR count). The van der Waals surface area contributed by atoms with Crippen LogP contribution in [0.15, 0.2) is 24.3 Å². The van der Waals surface area contributed by atoms with E-state index in [1.54, 1.807) is 25.2 Å². The standard InChI is InChI=1S/C13H19FN2O2/c1-3-16(9-8-11(15-2)13(17)18)12-7-5-4-6-10(12)14/h4-7,11,15H,3,8-9H2,1-2H3,(H,17,18). The molecule has 0 amide bonds. The normalized spacial score (nSPS) is 12.2. The Morgan fingerprint density at radius 2 is 2.17 bits per heavy atom. The van der Waals surface area contributed by atoms with Gasteiger partial charge >= 0.3 is 5.97 Å². The molecule has 0 aliphatic rings. The number of carboxylic acid groups (broad SMARTS) is 1. The van der Waals surface area contributed by atoms with Crippen LogP contribution in [0.2, 0.25) is 0 Å². The van der Waals surface area contributed by atoms with Crippen molar-refractivity contribution in [1.29, 1.82) is 0 Å². The lowest BCUT2D eigenvalue weighted by molar-refractivity contribution is -0.139. The van der Waals surface area contributed by atoms with Crippen molar-refractivity contribution in [3.8, 4) is 0 Å². The molecule has 0 aliphatic carbocycles. The van der Waals surface area contributed by atoms with Crippen LogP contribution in [0.5, 0.6) is 0 Å². The van der Waals surface area contributed by atoms with E-state index in [1.165, 1.54) is 6.07 Å². The van der Waals surface area contributed by atoms with Gasteiger partial charge in [-0.05, 0) is 32.5 Å². The van der Waals surface area contributed by atoms with Crippen molar-refractivity contribution in [2.24, 2.45) is 0 Å². The quantitative estimate of drug-likeness (QED) is 0.778. The average molecular weight is 254 g/mol. The fourth-order valence-electron chi connectivity index (χ4n) is 1.83. The Morgan fingerprint density at radius 1 is 1.50 bits per heavy atom. The highest BCUT2D eigenvalue weighted by molar-refractivity contribution is 5.73. The summed E-state index contributed by atoms with van der Waals surface area (Å²) in [7, 11) is 1.61. The first-order valence-corrected chi connectivity index (χ1v) is 5.99. The van der Waals surface area contributed by atoms with Gasteiger partial charge in [0.15, 0.2) is 0 Å². The summed E-state index contributed by atoms with van der Waals surface area (Å²) in [5, 5.41) is 11.7. The van der Waals surface area contributed by atoms with Gasteiger partial charge in [-0.1, -0.05) is 12.1 Å². The fraction of sp³-hybridized carbons (Fsp3) is 0.462. The van der Waals surface area contributed by atoms with Crippen LogP contribution in [0.4, 0.5) is 10.1 Å². The van der Waals surface area contributed by atoms with Crippen molar-refractivity contribution in [3.05, 3.63) is 30.1 Å². The van der Waals surface area contributed by atoms with E-state index in [4.69, 9.17) is 5.11 Å². The van der Waals surface area contributed by atoms with Crippen LogP contribution in [0.3, 0.4) is 0 Å². The van der Waals surface area contributed by atoms with E-state index >= 15 is 0 Å². The minimum absolute atomic E-state index is 0.282. The summed E-state index contributed by atoms with van der Waals surface area (Å²) >= 11 is 0. The maximum absolute atomic E-state index is 13.6. The number of anilines is 1. The molecule has 0 bridgehead atoms. The molecule has 0 saturated carbocycles. The highest BCUT2D eigenvalue weighted by atomic mass is 19.1. The lowest BCUT2D eigenvalue weighted by Gasteiger charge is -2.25. The molecule has 4 nitrogen and oxygen atoms in total. The topological polar surface area (TPSA) is 52.6 Å². The summed E-state index contributed by atoms with van der Waals surface area (Å²) < 4.78 is 13.6. The monoisotopic (exact) mass is 254 g/mol. The number of carboxylic acids is 1. The van der Waals surface area contributed by atoms with Crippen LogP contribution >= 0.6 is 0 Å². The number of nitrogens with zero attached hydrogens (tertiary/aromatic N) is 1. The number of benzene rings is 1. The number of halogens is 1. The molecule has 1 aromatic rings. The molecule has 1 aromatic carbocycles. The molecule has 0 aliphatic heterocycles. The van der Waals surface area contributed by atoms with Gasteiger partial charge in [0.05, 0.1) is 5.69 Å². The van der Waals surface area contributed by atoms with Gasteiger partial charge in [0, 0.05) is 13.1 Å². The van der Waals surface area contributed by atoms with Gasteiger partial charge in [0.2, 0.25) is 0 Å². The molecule has 0 fully saturated rings. The molecule has 0 radical (unpaired) electrons. The Bertz CT molecular complexity index is 398. The Morgan fingerprint density at radius 3 is 2.67 bits per heavy atom. The van der Waals surface area contributed by atoms with Crippen molar-refractivity contribution in [3.63, 3.8) is 0 Å². The molecule has 0 spiro atoms. The summed E-state index contributed by atoms with van der Waals surface area (Å²) in [4.78, 5) is 12.7. The minimum Gasteiger partial charge on any atom is -0.480 e. The Labute approximate surface area is 106 Å². The third kappa shape index (κ3) is 3.70. The highest BCUT2D eigenvalue weighted by Gasteiger charge is 2.17. The first-order chi connectivity index (χ1) is 8.60. The summed E-state index contributed by atoms with van der Waals surface area (Å²) in [6.07, 6.45) is 0.425. The van der Waals surface area contributed by atoms with Gasteiger partial charge in [0.1, 0.15) is 11.9 Å². The first-order valence-electron chi connectivity index (χ1n) is 5.99. The lowest BCUT2D eigenvalue weighted by atomic mass is 10.2. The molecule has 18 heavy (non-hydrogen) atoms. The van der Waals surface area contributed by atoms with Crippen molar-refractivity contribution < 1.29 is 14.3 Å². The predicted molar refractivity (Wildman–Crippen MR) is 69.4 cm³/mol. The summed E-state index contributed by atoms with van der Waals surface area (Å²) in [5.41, 5.74) is 0.514. The number of para-hydroxylation sites is 1. The fourth-order valence-corrected chi connectivity index (χ4v) is 1.83. The second kappa shape index (κ2) is 6.96. The van der Waals surface area contributed by atoms with Gasteiger partial charge in [-0.3, -0.25) is 4.79 Å². The average Bonchev–Trinajstić information content (AvgIpc) is 2.36. The summed E-state index contributed by atoms with van der Waals surface area (Å²) in [6.45, 7) is 3.05. The lowest BCUT2D eigenvalue weighted by Crippen LogP contribution is -2.38. The van der Waals surface area contributed by atoms with Gasteiger partial charge in [-0.15, -0.1) is 0 Å². The number of hydrogen-bond acceptors (Lipinski definition) is 3. The van der Waals surface area contributed by atoms with Crippen LogP contribution in [-0.2, 0) is 4.79 Å². The molecule has 2 N–H and O–H groups in total. The van der Waals surface area contributed by atoms with E-state index in [9.17, 15) is 9.18 Å². The maximum atomic E-state index is 13.6. The Balaban J connectivity index is 2.68. The van der Waals surface area contributed by atoms with E-state index in [-0.39, 0.29) is 5.82 Å². The zero-order valence-electron chi connectivity index (χ0n) is 10.7. The van der Waals surface area contributed by atoms with Crippen LogP contribution in [-0.4, -0.2) is 37.3 Å². The number of aliphatic carboxylic acids is 1. The van der Waals surface area contributed by atoms with E-state index in [2.05, 4.69) is 5.32 Å². The van der Waals surface area contributed by atoms with Gasteiger partial charge in [0.25, 0.3) is 0 Å². The third-order valence-electron chi connectivity index (χ3n) is 2.91. The van der Waals surface area contributed by atoms with Crippen molar-refractivity contribution in [2.75, 3.05) is 25.0 Å². The van der Waals surface area contributed by atoms with E-state index in [0.29, 0.717) is 25.2 Å². The van der Waals surface area contributed by atoms with Crippen LogP contribution in [0, 0.1) is 5.82 Å². The van der Waals surface area contributed by atoms with Crippen LogP contribution in [0.25, 0.3) is 0 Å². The molecule has 0 heterocycles. The number of hydrogen-bond donors (Lipinski definition) is 2. The highest BCUT2D eigenvalue weighted by Crippen LogP contribution is 2.18. The van der Waals surface area contributed by atoms with E-state index in [1.807, 2.05) is 11.8 Å². The predicted octanol–water partition coefficient (Wildman–Crippen LogP) is 1.71. The second-order valence-corrected chi connectivity index (χ2v) is 4.00. The second-order valence-electron chi connectivity index (χ2n) is 4.00. The summed E-state index contributed by atoms with van der Waals surface area (Å²) in [5.74, 6) is -1.17. The largest absolute Gasteiger partial charge is 0.480 e. The van der Waals surface area contributed by atoms with Crippen molar-refractivity contribution in [1.82, 2.24) is 5.32 Å². The molecule has 1 atom stereocenters. The van der Waals surface area contributed by atoms with Crippen molar-refractivity contribution >= 4 is 11.7 Å². The molecule has 0 saturated heterocycles. The molecule has 100 valence electrons. The number of rotatable bonds is 7. The molecular weight excluding hydrogens is 235 g/mol. The smallest absolute Gasteiger partial charge is 0.320 e. The Hall–Kier alpha value is -1.62. The van der Waals surface area contributed by atoms with E-state index in [0.717, 1.165) is 0 Å². The number of nitrogens with one attached hydrogen (secondary N) is 1. The molecule has 0 aromatic heterocycles. The van der Waals surface area contributed by atoms with Gasteiger partial charge in [-0.25, -0.2) is 4.39 Å². The first kappa shape index (κ1) is 14.4. The molecular formula is C13H19FN2O2. The summed E-state index contributed by atoms with van der Waals surface area (Å²) in [6, 6.07) is 5.91. The molecule has 1 unspecified atom stereocenters. The Kier molecular flexibility index (Phi) is 5.58. The van der Waals surface area contributed by atoms with Gasteiger partial charge < -0.3 is 15.3 Å². The van der Waals surface area contributed by atoms with Crippen LogP contribution < -0.4 is 10.2 Å². The molecule has 5 heteroatoms. The minimum atomic E-state index is -0.887. The van der Waals surface area contributed by atoms with E-state index < -0.39 is 12.0 Å². The van der Waals surface area contributed by atoms with Crippen LogP contribution in [0.1, 0.15) is 13.3 Å². The zero-order chi connectivity index (χ0) is 13.5. The zero-order valence-corrected chi connectivity index (χ0v) is 10.7. The number of likely N-dealkylation sites (N-methyl/N-ethyl adjacent to an activating group) is 1. The maximum Gasteiger partial charge on any atom is 0.320 e. The SMILES string of the molecule is CCN(CCC(NC)C(=O)O)c1ccccc1F. The van der Waals surface area contributed by atoms with Gasteiger partial charge in [-0.2, -0.15) is 0 Å². The van der Waals surface area contributed by atoms with Crippen molar-refractivity contribution in [2.45, 2.75) is 19.4 Å². The number of carbonyl (C=O) groups is 1. The third-order valence-corrected chi connectivity index (χ3v) is 2.91.